The van der Waals surface area contributed by atoms with Crippen molar-refractivity contribution in [2.24, 2.45) is 0 Å². The lowest BCUT2D eigenvalue weighted by Crippen LogP contribution is -2.23. The normalized spacial score (nSPS) is 10.5. The lowest BCUT2D eigenvalue weighted by atomic mass is 10.2. The molecule has 0 bridgehead atoms. The minimum absolute atomic E-state index is 0.208. The number of hydrogen-bond acceptors (Lipinski definition) is 4. The van der Waals surface area contributed by atoms with Crippen LogP contribution in [0, 0.1) is 0 Å². The Labute approximate surface area is 137 Å². The van der Waals surface area contributed by atoms with Crippen molar-refractivity contribution in [1.29, 1.82) is 0 Å². The Balaban J connectivity index is 1.67. The van der Waals surface area contributed by atoms with E-state index in [0.717, 1.165) is 5.56 Å². The van der Waals surface area contributed by atoms with Crippen molar-refractivity contribution in [2.45, 2.75) is 6.54 Å². The maximum absolute atomic E-state index is 12.0. The molecule has 6 nitrogen and oxygen atoms in total. The van der Waals surface area contributed by atoms with Gasteiger partial charge in [0.15, 0.2) is 5.82 Å². The van der Waals surface area contributed by atoms with Crippen LogP contribution >= 0.6 is 11.6 Å². The van der Waals surface area contributed by atoms with Gasteiger partial charge in [-0.1, -0.05) is 23.7 Å². The van der Waals surface area contributed by atoms with Crippen molar-refractivity contribution < 1.29 is 4.79 Å². The van der Waals surface area contributed by atoms with Crippen LogP contribution in [0.3, 0.4) is 0 Å². The van der Waals surface area contributed by atoms with Crippen LogP contribution in [0.25, 0.3) is 11.4 Å². The molecule has 0 aliphatic rings. The Morgan fingerprint density at radius 3 is 2.65 bits per heavy atom. The van der Waals surface area contributed by atoms with Crippen LogP contribution < -0.4 is 11.1 Å². The zero-order valence-electron chi connectivity index (χ0n) is 12.1. The van der Waals surface area contributed by atoms with Gasteiger partial charge in [0, 0.05) is 16.8 Å². The van der Waals surface area contributed by atoms with E-state index in [1.165, 1.54) is 0 Å². The number of amides is 1. The fourth-order valence-electron chi connectivity index (χ4n) is 2.04. The summed E-state index contributed by atoms with van der Waals surface area (Å²) in [5, 5.41) is 10.3. The minimum atomic E-state index is -0.208. The highest BCUT2D eigenvalue weighted by molar-refractivity contribution is 6.33. The van der Waals surface area contributed by atoms with Gasteiger partial charge in [0.05, 0.1) is 11.6 Å². The van der Waals surface area contributed by atoms with E-state index in [1.54, 1.807) is 30.3 Å². The van der Waals surface area contributed by atoms with Crippen LogP contribution in [-0.2, 0) is 6.54 Å². The highest BCUT2D eigenvalue weighted by Gasteiger charge is 2.10. The summed E-state index contributed by atoms with van der Waals surface area (Å²) in [5.41, 5.74) is 7.48. The van der Waals surface area contributed by atoms with E-state index in [1.807, 2.05) is 18.2 Å². The number of H-pyrrole nitrogens is 1. The van der Waals surface area contributed by atoms with E-state index in [9.17, 15) is 4.79 Å². The Kier molecular flexibility index (Phi) is 4.25. The standard InChI is InChI=1S/C16H14ClN5O/c17-13-4-2-1-3-12(13)15-20-14(21-22-15)9-19-16(23)10-5-7-11(18)8-6-10/h1-8H,9,18H2,(H,19,23)(H,20,21,22). The third kappa shape index (κ3) is 3.49. The molecule has 7 heteroatoms. The van der Waals surface area contributed by atoms with E-state index in [-0.39, 0.29) is 12.5 Å². The monoisotopic (exact) mass is 327 g/mol. The molecule has 0 saturated heterocycles. The zero-order chi connectivity index (χ0) is 16.2. The summed E-state index contributed by atoms with van der Waals surface area (Å²) in [6.45, 7) is 0.237. The number of aromatic amines is 1. The Morgan fingerprint density at radius 1 is 1.17 bits per heavy atom. The Morgan fingerprint density at radius 2 is 1.91 bits per heavy atom. The predicted molar refractivity (Wildman–Crippen MR) is 88.9 cm³/mol. The van der Waals surface area contributed by atoms with Gasteiger partial charge in [-0.05, 0) is 36.4 Å². The second-order valence-electron chi connectivity index (χ2n) is 4.89. The predicted octanol–water partition coefficient (Wildman–Crippen LogP) is 2.64. The van der Waals surface area contributed by atoms with E-state index in [4.69, 9.17) is 17.3 Å². The van der Waals surface area contributed by atoms with Crippen molar-refractivity contribution in [3.8, 4) is 11.4 Å². The molecular weight excluding hydrogens is 314 g/mol. The first-order valence-corrected chi connectivity index (χ1v) is 7.31. The van der Waals surface area contributed by atoms with Crippen LogP contribution in [0.15, 0.2) is 48.5 Å². The molecule has 3 rings (SSSR count). The summed E-state index contributed by atoms with van der Waals surface area (Å²) < 4.78 is 0. The highest BCUT2D eigenvalue weighted by Crippen LogP contribution is 2.24. The largest absolute Gasteiger partial charge is 0.399 e. The van der Waals surface area contributed by atoms with Gasteiger partial charge in [0.1, 0.15) is 5.82 Å². The number of carbonyl (C=O) groups excluding carboxylic acids is 1. The van der Waals surface area contributed by atoms with E-state index in [0.29, 0.717) is 27.9 Å². The molecular formula is C16H14ClN5O. The molecule has 0 aliphatic carbocycles. The minimum Gasteiger partial charge on any atom is -0.399 e. The number of hydrogen-bond donors (Lipinski definition) is 3. The lowest BCUT2D eigenvalue weighted by molar-refractivity contribution is 0.0950. The molecule has 3 aromatic rings. The molecule has 0 saturated carbocycles. The number of aromatic nitrogens is 3. The average Bonchev–Trinajstić information content (AvgIpc) is 3.02. The summed E-state index contributed by atoms with van der Waals surface area (Å²) in [4.78, 5) is 16.4. The summed E-state index contributed by atoms with van der Waals surface area (Å²) in [5.74, 6) is 0.830. The smallest absolute Gasteiger partial charge is 0.251 e. The van der Waals surface area contributed by atoms with Gasteiger partial charge in [-0.25, -0.2) is 4.98 Å². The fraction of sp³-hybridized carbons (Fsp3) is 0.0625. The number of nitrogens with zero attached hydrogens (tertiary/aromatic N) is 2. The second kappa shape index (κ2) is 6.50. The molecule has 0 radical (unpaired) electrons. The summed E-state index contributed by atoms with van der Waals surface area (Å²) in [6.07, 6.45) is 0. The number of halogens is 1. The van der Waals surface area contributed by atoms with Gasteiger partial charge < -0.3 is 11.1 Å². The number of nitrogens with two attached hydrogens (primary N) is 1. The summed E-state index contributed by atoms with van der Waals surface area (Å²) in [7, 11) is 0. The van der Waals surface area contributed by atoms with Crippen LogP contribution in [0.1, 0.15) is 16.2 Å². The number of nitrogen functional groups attached to an aromatic ring is 1. The van der Waals surface area contributed by atoms with E-state index < -0.39 is 0 Å². The van der Waals surface area contributed by atoms with Gasteiger partial charge in [-0.3, -0.25) is 9.89 Å². The first-order valence-electron chi connectivity index (χ1n) is 6.93. The molecule has 0 atom stereocenters. The van der Waals surface area contributed by atoms with Gasteiger partial charge >= 0.3 is 0 Å². The molecule has 2 aromatic carbocycles. The van der Waals surface area contributed by atoms with E-state index >= 15 is 0 Å². The van der Waals surface area contributed by atoms with Gasteiger partial charge in [-0.15, -0.1) is 0 Å². The Bertz CT molecular complexity index is 828. The maximum Gasteiger partial charge on any atom is 0.251 e. The number of carbonyl (C=O) groups is 1. The lowest BCUT2D eigenvalue weighted by Gasteiger charge is -2.03. The third-order valence-corrected chi connectivity index (χ3v) is 3.57. The van der Waals surface area contributed by atoms with Crippen LogP contribution in [0.5, 0.6) is 0 Å². The molecule has 0 aliphatic heterocycles. The maximum atomic E-state index is 12.0. The van der Waals surface area contributed by atoms with Crippen molar-refractivity contribution in [3.63, 3.8) is 0 Å². The summed E-state index contributed by atoms with van der Waals surface area (Å²) in [6, 6.07) is 14.0. The van der Waals surface area contributed by atoms with Crippen LogP contribution in [0.2, 0.25) is 5.02 Å². The summed E-state index contributed by atoms with van der Waals surface area (Å²) >= 11 is 6.11. The quantitative estimate of drug-likeness (QED) is 0.642. The number of rotatable bonds is 4. The van der Waals surface area contributed by atoms with Gasteiger partial charge in [-0.2, -0.15) is 5.10 Å². The highest BCUT2D eigenvalue weighted by atomic mass is 35.5. The molecule has 0 fully saturated rings. The second-order valence-corrected chi connectivity index (χ2v) is 5.30. The molecule has 1 aromatic heterocycles. The SMILES string of the molecule is Nc1ccc(C(=O)NCc2nc(-c3ccccc3Cl)n[nH]2)cc1. The van der Waals surface area contributed by atoms with Gasteiger partial charge in [0.25, 0.3) is 5.91 Å². The zero-order valence-corrected chi connectivity index (χ0v) is 12.8. The topological polar surface area (TPSA) is 96.7 Å². The molecule has 23 heavy (non-hydrogen) atoms. The van der Waals surface area contributed by atoms with E-state index in [2.05, 4.69) is 20.5 Å². The van der Waals surface area contributed by atoms with Crippen molar-refractivity contribution >= 4 is 23.2 Å². The average molecular weight is 328 g/mol. The van der Waals surface area contributed by atoms with Crippen molar-refractivity contribution in [1.82, 2.24) is 20.5 Å². The fourth-order valence-corrected chi connectivity index (χ4v) is 2.26. The third-order valence-electron chi connectivity index (χ3n) is 3.24. The van der Waals surface area contributed by atoms with Gasteiger partial charge in [0.2, 0.25) is 0 Å². The molecule has 1 amide bonds. The molecule has 0 unspecified atom stereocenters. The number of nitrogens with one attached hydrogen (secondary N) is 2. The molecule has 4 N–H and O–H groups in total. The Hall–Kier alpha value is -2.86. The van der Waals surface area contributed by atoms with Crippen LogP contribution in [0.4, 0.5) is 5.69 Å². The number of anilines is 1. The van der Waals surface area contributed by atoms with Crippen molar-refractivity contribution in [2.75, 3.05) is 5.73 Å². The first kappa shape index (κ1) is 15.1. The van der Waals surface area contributed by atoms with Crippen LogP contribution in [-0.4, -0.2) is 21.1 Å². The van der Waals surface area contributed by atoms with Crippen molar-refractivity contribution in [3.05, 3.63) is 64.9 Å². The molecule has 116 valence electrons. The molecule has 1 heterocycles. The molecule has 0 spiro atoms. The first-order chi connectivity index (χ1) is 11.1. The number of benzene rings is 2.